The van der Waals surface area contributed by atoms with Crippen LogP contribution in [0.15, 0.2) is 30.3 Å². The average Bonchev–Trinajstić information content (AvgIpc) is 2.33. The zero-order chi connectivity index (χ0) is 11.6. The molecular weight excluding hydrogens is 196 g/mol. The first kappa shape index (κ1) is 13.0. The van der Waals surface area contributed by atoms with Crippen molar-refractivity contribution in [2.45, 2.75) is 39.0 Å². The lowest BCUT2D eigenvalue weighted by atomic mass is 10.1. The summed E-state index contributed by atoms with van der Waals surface area (Å²) in [4.78, 5) is 0. The van der Waals surface area contributed by atoms with E-state index in [1.54, 1.807) is 0 Å². The van der Waals surface area contributed by atoms with E-state index in [-0.39, 0.29) is 6.61 Å². The molecule has 1 rings (SSSR count). The van der Waals surface area contributed by atoms with Crippen molar-refractivity contribution in [3.63, 3.8) is 0 Å². The Morgan fingerprint density at radius 2 is 2.12 bits per heavy atom. The fourth-order valence-corrected chi connectivity index (χ4v) is 1.68. The van der Waals surface area contributed by atoms with Crippen LogP contribution in [0.3, 0.4) is 0 Å². The highest BCUT2D eigenvalue weighted by molar-refractivity contribution is 5.50. The van der Waals surface area contributed by atoms with Gasteiger partial charge in [0.25, 0.3) is 0 Å². The number of aliphatic hydroxyl groups excluding tert-OH is 1. The molecule has 1 aromatic carbocycles. The lowest BCUT2D eigenvalue weighted by Crippen LogP contribution is -1.89. The van der Waals surface area contributed by atoms with Crippen LogP contribution < -0.4 is 0 Å². The zero-order valence-corrected chi connectivity index (χ0v) is 10.2. The van der Waals surface area contributed by atoms with Crippen LogP contribution in [-0.4, -0.2) is 11.7 Å². The number of hydrogen-bond donors (Lipinski definition) is 1. The Balaban J connectivity index is 2.49. The molecule has 1 nitrogen and oxygen atoms in total. The quantitative estimate of drug-likeness (QED) is 0.690. The monoisotopic (exact) mass is 218 g/mol. The van der Waals surface area contributed by atoms with Gasteiger partial charge < -0.3 is 5.11 Å². The summed E-state index contributed by atoms with van der Waals surface area (Å²) in [7, 11) is 0. The molecule has 0 saturated carbocycles. The van der Waals surface area contributed by atoms with Crippen LogP contribution in [0.4, 0.5) is 0 Å². The zero-order valence-electron chi connectivity index (χ0n) is 10.2. The molecule has 0 aliphatic rings. The van der Waals surface area contributed by atoms with Crippen molar-refractivity contribution in [1.82, 2.24) is 0 Å². The van der Waals surface area contributed by atoms with Crippen molar-refractivity contribution in [1.29, 1.82) is 0 Å². The van der Waals surface area contributed by atoms with Crippen LogP contribution in [0.1, 0.15) is 43.7 Å². The second-order valence-electron chi connectivity index (χ2n) is 4.12. The predicted octanol–water partition coefficient (Wildman–Crippen LogP) is 3.81. The fraction of sp³-hybridized carbons (Fsp3) is 0.467. The minimum atomic E-state index is 0.274. The molecule has 0 unspecified atom stereocenters. The van der Waals surface area contributed by atoms with Gasteiger partial charge in [0.05, 0.1) is 0 Å². The summed E-state index contributed by atoms with van der Waals surface area (Å²) in [5, 5.41) is 8.78. The predicted molar refractivity (Wildman–Crippen MR) is 70.4 cm³/mol. The minimum Gasteiger partial charge on any atom is -0.396 e. The van der Waals surface area contributed by atoms with Crippen LogP contribution in [0, 0.1) is 0 Å². The molecule has 88 valence electrons. The summed E-state index contributed by atoms with van der Waals surface area (Å²) in [5.41, 5.74) is 2.58. The molecule has 0 aromatic heterocycles. The number of aliphatic hydroxyl groups is 1. The Morgan fingerprint density at radius 3 is 2.88 bits per heavy atom. The van der Waals surface area contributed by atoms with Gasteiger partial charge in [0.2, 0.25) is 0 Å². The summed E-state index contributed by atoms with van der Waals surface area (Å²) in [6, 6.07) is 8.55. The first-order valence-electron chi connectivity index (χ1n) is 6.23. The summed E-state index contributed by atoms with van der Waals surface area (Å²) in [5.74, 6) is 0. The van der Waals surface area contributed by atoms with Crippen molar-refractivity contribution in [3.05, 3.63) is 41.5 Å². The molecule has 0 radical (unpaired) electrons. The number of unbranched alkanes of at least 4 members (excludes halogenated alkanes) is 2. The molecule has 0 aliphatic carbocycles. The molecule has 1 aromatic rings. The molecule has 0 heterocycles. The summed E-state index contributed by atoms with van der Waals surface area (Å²) in [6.45, 7) is 2.49. The fourth-order valence-electron chi connectivity index (χ4n) is 1.68. The van der Waals surface area contributed by atoms with Crippen LogP contribution >= 0.6 is 0 Å². The van der Waals surface area contributed by atoms with E-state index in [1.165, 1.54) is 24.0 Å². The van der Waals surface area contributed by atoms with Crippen molar-refractivity contribution in [2.24, 2.45) is 0 Å². The third-order valence-electron chi connectivity index (χ3n) is 2.61. The van der Waals surface area contributed by atoms with Crippen LogP contribution in [0.25, 0.3) is 6.08 Å². The second kappa shape index (κ2) is 8.12. The summed E-state index contributed by atoms with van der Waals surface area (Å²) >= 11 is 0. The van der Waals surface area contributed by atoms with Crippen molar-refractivity contribution >= 4 is 6.08 Å². The smallest absolute Gasteiger partial charge is 0.0434 e. The van der Waals surface area contributed by atoms with Gasteiger partial charge in [-0.05, 0) is 30.4 Å². The topological polar surface area (TPSA) is 20.2 Å². The lowest BCUT2D eigenvalue weighted by molar-refractivity contribution is 0.288. The molecule has 0 spiro atoms. The third kappa shape index (κ3) is 5.13. The third-order valence-corrected chi connectivity index (χ3v) is 2.61. The Morgan fingerprint density at radius 1 is 1.25 bits per heavy atom. The second-order valence-corrected chi connectivity index (χ2v) is 4.12. The molecule has 0 bridgehead atoms. The molecule has 16 heavy (non-hydrogen) atoms. The Kier molecular flexibility index (Phi) is 6.59. The summed E-state index contributed by atoms with van der Waals surface area (Å²) < 4.78 is 0. The maximum atomic E-state index is 8.78. The van der Waals surface area contributed by atoms with Gasteiger partial charge in [0.1, 0.15) is 0 Å². The molecule has 0 fully saturated rings. The maximum Gasteiger partial charge on any atom is 0.0434 e. The first-order valence-corrected chi connectivity index (χ1v) is 6.23. The number of aryl methyl sites for hydroxylation is 1. The molecule has 1 heteroatoms. The Labute approximate surface area is 98.8 Å². The van der Waals surface area contributed by atoms with Gasteiger partial charge in [-0.1, -0.05) is 56.2 Å². The number of hydrogen-bond acceptors (Lipinski definition) is 1. The molecule has 0 atom stereocenters. The molecule has 0 saturated heterocycles. The normalized spacial score (nSPS) is 11.1. The molecule has 0 amide bonds. The highest BCUT2D eigenvalue weighted by Gasteiger charge is 1.93. The number of benzene rings is 1. The standard InChI is InChI=1S/C15H22O/c1-2-3-4-5-8-14-9-6-10-15(13-14)11-7-12-16/h5-6,8-10,13,16H,2-4,7,11-12H2,1H3. The van der Waals surface area contributed by atoms with Gasteiger partial charge in [0.15, 0.2) is 0 Å². The number of rotatable bonds is 7. The van der Waals surface area contributed by atoms with Gasteiger partial charge >= 0.3 is 0 Å². The van der Waals surface area contributed by atoms with E-state index >= 15 is 0 Å². The minimum absolute atomic E-state index is 0.274. The molecule has 1 N–H and O–H groups in total. The molecular formula is C15H22O. The average molecular weight is 218 g/mol. The van der Waals surface area contributed by atoms with Crippen LogP contribution in [0.5, 0.6) is 0 Å². The van der Waals surface area contributed by atoms with Crippen molar-refractivity contribution in [2.75, 3.05) is 6.61 Å². The highest BCUT2D eigenvalue weighted by atomic mass is 16.2. The summed E-state index contributed by atoms with van der Waals surface area (Å²) in [6.07, 6.45) is 9.93. The van der Waals surface area contributed by atoms with Gasteiger partial charge in [-0.15, -0.1) is 0 Å². The Hall–Kier alpha value is -1.08. The Bertz CT molecular complexity index is 315. The van der Waals surface area contributed by atoms with E-state index in [1.807, 2.05) is 0 Å². The van der Waals surface area contributed by atoms with Gasteiger partial charge in [-0.25, -0.2) is 0 Å². The van der Waals surface area contributed by atoms with E-state index in [0.717, 1.165) is 19.3 Å². The van der Waals surface area contributed by atoms with E-state index in [9.17, 15) is 0 Å². The molecule has 0 aliphatic heterocycles. The van der Waals surface area contributed by atoms with E-state index in [0.29, 0.717) is 0 Å². The SMILES string of the molecule is CCCCC=Cc1cccc(CCCO)c1. The van der Waals surface area contributed by atoms with Gasteiger partial charge in [-0.3, -0.25) is 0 Å². The van der Waals surface area contributed by atoms with E-state index < -0.39 is 0 Å². The van der Waals surface area contributed by atoms with Crippen molar-refractivity contribution in [3.8, 4) is 0 Å². The maximum absolute atomic E-state index is 8.78. The largest absolute Gasteiger partial charge is 0.396 e. The lowest BCUT2D eigenvalue weighted by Gasteiger charge is -2.01. The van der Waals surface area contributed by atoms with E-state index in [2.05, 4.69) is 43.3 Å². The highest BCUT2D eigenvalue weighted by Crippen LogP contribution is 2.10. The number of allylic oxidation sites excluding steroid dienone is 1. The van der Waals surface area contributed by atoms with Gasteiger partial charge in [-0.2, -0.15) is 0 Å². The van der Waals surface area contributed by atoms with Crippen LogP contribution in [0.2, 0.25) is 0 Å². The first-order chi connectivity index (χ1) is 7.86. The van der Waals surface area contributed by atoms with Crippen LogP contribution in [-0.2, 0) is 6.42 Å². The van der Waals surface area contributed by atoms with Crippen molar-refractivity contribution < 1.29 is 5.11 Å². The van der Waals surface area contributed by atoms with Gasteiger partial charge in [0, 0.05) is 6.61 Å². The van der Waals surface area contributed by atoms with E-state index in [4.69, 9.17) is 5.11 Å².